The Bertz CT molecular complexity index is 419. The molecule has 0 N–H and O–H groups in total. The normalized spacial score (nSPS) is 11.7. The van der Waals surface area contributed by atoms with Gasteiger partial charge in [0.1, 0.15) is 0 Å². The van der Waals surface area contributed by atoms with Crippen molar-refractivity contribution in [3.05, 3.63) is 16.4 Å². The second-order valence-corrected chi connectivity index (χ2v) is 5.05. The molecule has 0 aliphatic rings. The molecule has 13 heavy (non-hydrogen) atoms. The van der Waals surface area contributed by atoms with E-state index in [2.05, 4.69) is 9.97 Å². The predicted molar refractivity (Wildman–Crippen MR) is 49.6 cm³/mol. The fourth-order valence-corrected chi connectivity index (χ4v) is 1.53. The van der Waals surface area contributed by atoms with E-state index in [0.29, 0.717) is 16.4 Å². The highest BCUT2D eigenvalue weighted by atomic mass is 35.5. The molecule has 0 aliphatic carbocycles. The van der Waals surface area contributed by atoms with Crippen LogP contribution in [0.3, 0.4) is 0 Å². The lowest BCUT2D eigenvalue weighted by atomic mass is 10.4. The fraction of sp³-hybridized carbons (Fsp3) is 0.429. The molecule has 0 saturated heterocycles. The van der Waals surface area contributed by atoms with Crippen molar-refractivity contribution in [2.75, 3.05) is 6.26 Å². The number of nitrogens with zero attached hydrogens (tertiary/aromatic N) is 2. The molecule has 1 aromatic rings. The lowest BCUT2D eigenvalue weighted by Crippen LogP contribution is -2.06. The Labute approximate surface area is 81.9 Å². The summed E-state index contributed by atoms with van der Waals surface area (Å²) in [4.78, 5) is 7.55. The zero-order valence-electron chi connectivity index (χ0n) is 7.50. The second-order valence-electron chi connectivity index (χ2n) is 2.76. The summed E-state index contributed by atoms with van der Waals surface area (Å²) >= 11 is 5.78. The minimum Gasteiger partial charge on any atom is -0.222 e. The maximum atomic E-state index is 11.1. The van der Waals surface area contributed by atoms with Crippen molar-refractivity contribution in [2.24, 2.45) is 0 Å². The maximum absolute atomic E-state index is 11.1. The molecule has 1 aromatic heterocycles. The van der Waals surface area contributed by atoms with E-state index in [1.54, 1.807) is 13.8 Å². The van der Waals surface area contributed by atoms with Gasteiger partial charge in [-0.15, -0.1) is 0 Å². The van der Waals surface area contributed by atoms with Crippen LogP contribution < -0.4 is 0 Å². The van der Waals surface area contributed by atoms with Gasteiger partial charge in [0.05, 0.1) is 16.4 Å². The number of halogens is 1. The van der Waals surface area contributed by atoms with Crippen molar-refractivity contribution in [1.82, 2.24) is 9.97 Å². The quantitative estimate of drug-likeness (QED) is 0.667. The Balaban J connectivity index is 3.47. The molecule has 72 valence electrons. The zero-order valence-corrected chi connectivity index (χ0v) is 9.07. The van der Waals surface area contributed by atoms with Gasteiger partial charge < -0.3 is 0 Å². The van der Waals surface area contributed by atoms with Gasteiger partial charge >= 0.3 is 0 Å². The van der Waals surface area contributed by atoms with Gasteiger partial charge in [-0.25, -0.2) is 18.4 Å². The van der Waals surface area contributed by atoms with Crippen LogP contribution in [0.5, 0.6) is 0 Å². The van der Waals surface area contributed by atoms with E-state index in [-0.39, 0.29) is 5.16 Å². The molecule has 1 heterocycles. The lowest BCUT2D eigenvalue weighted by molar-refractivity contribution is 0.591. The predicted octanol–water partition coefficient (Wildman–Crippen LogP) is 1.15. The number of hydrogen-bond acceptors (Lipinski definition) is 4. The van der Waals surface area contributed by atoms with Crippen LogP contribution in [0.15, 0.2) is 5.16 Å². The average molecular weight is 221 g/mol. The first kappa shape index (κ1) is 10.4. The van der Waals surface area contributed by atoms with Crippen LogP contribution in [-0.4, -0.2) is 24.6 Å². The monoisotopic (exact) mass is 220 g/mol. The molecule has 0 aliphatic heterocycles. The third kappa shape index (κ3) is 2.16. The molecule has 0 atom stereocenters. The highest BCUT2D eigenvalue weighted by molar-refractivity contribution is 7.90. The fourth-order valence-electron chi connectivity index (χ4n) is 0.838. The van der Waals surface area contributed by atoms with E-state index in [1.165, 1.54) is 0 Å². The summed E-state index contributed by atoms with van der Waals surface area (Å²) in [7, 11) is -3.35. The van der Waals surface area contributed by atoms with Gasteiger partial charge in [-0.3, -0.25) is 0 Å². The van der Waals surface area contributed by atoms with Crippen molar-refractivity contribution in [1.29, 1.82) is 0 Å². The average Bonchev–Trinajstić information content (AvgIpc) is 1.97. The highest BCUT2D eigenvalue weighted by Gasteiger charge is 2.14. The minimum atomic E-state index is -3.35. The van der Waals surface area contributed by atoms with E-state index in [0.717, 1.165) is 6.26 Å². The largest absolute Gasteiger partial charge is 0.247 e. The van der Waals surface area contributed by atoms with Crippen LogP contribution in [0.2, 0.25) is 5.02 Å². The molecule has 0 bridgehead atoms. The van der Waals surface area contributed by atoms with Crippen molar-refractivity contribution in [3.63, 3.8) is 0 Å². The third-order valence-corrected chi connectivity index (χ3v) is 2.89. The van der Waals surface area contributed by atoms with Crippen molar-refractivity contribution < 1.29 is 8.42 Å². The molecule has 0 spiro atoms. The molecule has 0 amide bonds. The van der Waals surface area contributed by atoms with E-state index in [4.69, 9.17) is 11.6 Å². The van der Waals surface area contributed by atoms with Gasteiger partial charge in [0, 0.05) is 6.26 Å². The standard InChI is InChI=1S/C7H9ClN2O2S/c1-4-6(8)5(2)10-7(9-4)13(3,11)12/h1-3H3. The molecule has 4 nitrogen and oxygen atoms in total. The van der Waals surface area contributed by atoms with Gasteiger partial charge in [-0.05, 0) is 13.8 Å². The summed E-state index contributed by atoms with van der Waals surface area (Å²) in [6.07, 6.45) is 1.06. The Morgan fingerprint density at radius 3 is 1.85 bits per heavy atom. The molecular formula is C7H9ClN2O2S. The Morgan fingerprint density at radius 1 is 1.15 bits per heavy atom. The second kappa shape index (κ2) is 3.23. The topological polar surface area (TPSA) is 59.9 Å². The van der Waals surface area contributed by atoms with E-state index in [1.807, 2.05) is 0 Å². The molecule has 0 saturated carbocycles. The van der Waals surface area contributed by atoms with Crippen molar-refractivity contribution in [2.45, 2.75) is 19.0 Å². The summed E-state index contributed by atoms with van der Waals surface area (Å²) in [5.74, 6) is 0. The molecule has 0 aromatic carbocycles. The minimum absolute atomic E-state index is 0.174. The van der Waals surface area contributed by atoms with Crippen LogP contribution in [0.1, 0.15) is 11.4 Å². The smallest absolute Gasteiger partial charge is 0.222 e. The summed E-state index contributed by atoms with van der Waals surface area (Å²) in [6.45, 7) is 3.29. The molecule has 0 fully saturated rings. The third-order valence-electron chi connectivity index (χ3n) is 1.49. The van der Waals surface area contributed by atoms with E-state index >= 15 is 0 Å². The number of aromatic nitrogens is 2. The Hall–Kier alpha value is -0.680. The maximum Gasteiger partial charge on any atom is 0.247 e. The van der Waals surface area contributed by atoms with Gasteiger partial charge in [0.2, 0.25) is 15.0 Å². The molecular weight excluding hydrogens is 212 g/mol. The van der Waals surface area contributed by atoms with Crippen molar-refractivity contribution in [3.8, 4) is 0 Å². The zero-order chi connectivity index (χ0) is 10.2. The summed E-state index contributed by atoms with van der Waals surface area (Å²) < 4.78 is 22.2. The summed E-state index contributed by atoms with van der Waals surface area (Å²) in [6, 6.07) is 0. The number of rotatable bonds is 1. The Kier molecular flexibility index (Phi) is 2.58. The first-order valence-corrected chi connectivity index (χ1v) is 5.80. The van der Waals surface area contributed by atoms with Gasteiger partial charge in [-0.1, -0.05) is 11.6 Å². The Morgan fingerprint density at radius 2 is 1.54 bits per heavy atom. The lowest BCUT2D eigenvalue weighted by Gasteiger charge is -2.03. The molecule has 0 radical (unpaired) electrons. The van der Waals surface area contributed by atoms with E-state index in [9.17, 15) is 8.42 Å². The number of aryl methyl sites for hydroxylation is 2. The summed E-state index contributed by atoms with van der Waals surface area (Å²) in [5.41, 5.74) is 0.962. The number of hydrogen-bond donors (Lipinski definition) is 0. The molecule has 0 unspecified atom stereocenters. The molecule has 1 rings (SSSR count). The van der Waals surface area contributed by atoms with Gasteiger partial charge in [0.25, 0.3) is 0 Å². The van der Waals surface area contributed by atoms with Crippen molar-refractivity contribution >= 4 is 21.4 Å². The van der Waals surface area contributed by atoms with Crippen LogP contribution in [0.4, 0.5) is 0 Å². The van der Waals surface area contributed by atoms with Gasteiger partial charge in [-0.2, -0.15) is 0 Å². The van der Waals surface area contributed by atoms with Crippen LogP contribution in [0, 0.1) is 13.8 Å². The van der Waals surface area contributed by atoms with Crippen LogP contribution in [0.25, 0.3) is 0 Å². The highest BCUT2D eigenvalue weighted by Crippen LogP contribution is 2.17. The van der Waals surface area contributed by atoms with Crippen LogP contribution in [-0.2, 0) is 9.84 Å². The first-order valence-electron chi connectivity index (χ1n) is 3.53. The van der Waals surface area contributed by atoms with Crippen LogP contribution >= 0.6 is 11.6 Å². The van der Waals surface area contributed by atoms with Gasteiger partial charge in [0.15, 0.2) is 0 Å². The first-order chi connectivity index (χ1) is 5.82. The molecule has 6 heteroatoms. The number of sulfone groups is 1. The van der Waals surface area contributed by atoms with E-state index < -0.39 is 9.84 Å². The summed E-state index contributed by atoms with van der Waals surface area (Å²) in [5, 5.41) is 0.235. The SMILES string of the molecule is Cc1nc(S(C)(=O)=O)nc(C)c1Cl.